The van der Waals surface area contributed by atoms with E-state index in [1.807, 2.05) is 6.92 Å². The summed E-state index contributed by atoms with van der Waals surface area (Å²) in [5, 5.41) is 15.4. The first-order valence-electron chi connectivity index (χ1n) is 6.51. The maximum atomic E-state index is 11.7. The number of amides is 1. The Balaban J connectivity index is 2.28. The van der Waals surface area contributed by atoms with Gasteiger partial charge in [0.25, 0.3) is 5.91 Å². The molecule has 0 bridgehead atoms. The molecule has 0 fully saturated rings. The van der Waals surface area contributed by atoms with Crippen molar-refractivity contribution in [2.24, 2.45) is 13.0 Å². The first-order valence-corrected chi connectivity index (χ1v) is 6.51. The molecule has 0 aromatic carbocycles. The smallest absolute Gasteiger partial charge is 0.303 e. The van der Waals surface area contributed by atoms with Gasteiger partial charge in [-0.15, -0.1) is 0 Å². The van der Waals surface area contributed by atoms with Crippen LogP contribution in [0.2, 0.25) is 0 Å². The number of hydrogen-bond acceptors (Lipinski definition) is 3. The number of carboxylic acids is 1. The van der Waals surface area contributed by atoms with Crippen LogP contribution >= 0.6 is 0 Å². The van der Waals surface area contributed by atoms with Crippen LogP contribution in [0.5, 0.6) is 0 Å². The number of aromatic nitrogens is 2. The predicted octanol–water partition coefficient (Wildman–Crippen LogP) is 1.43. The molecule has 1 unspecified atom stereocenters. The molecule has 0 aliphatic heterocycles. The number of nitrogens with zero attached hydrogens (tertiary/aromatic N) is 2. The molecule has 1 atom stereocenters. The van der Waals surface area contributed by atoms with Gasteiger partial charge in [0.15, 0.2) is 0 Å². The molecule has 6 heteroatoms. The Kier molecular flexibility index (Phi) is 6.05. The summed E-state index contributed by atoms with van der Waals surface area (Å²) in [6.07, 6.45) is 5.77. The second-order valence-corrected chi connectivity index (χ2v) is 4.65. The fourth-order valence-electron chi connectivity index (χ4n) is 1.91. The molecule has 1 aromatic heterocycles. The molecule has 19 heavy (non-hydrogen) atoms. The average molecular weight is 267 g/mol. The molecule has 1 rings (SSSR count). The molecular weight excluding hydrogens is 246 g/mol. The van der Waals surface area contributed by atoms with Crippen molar-refractivity contribution in [2.75, 3.05) is 6.54 Å². The molecule has 0 radical (unpaired) electrons. The molecule has 0 spiro atoms. The van der Waals surface area contributed by atoms with Crippen LogP contribution in [0.15, 0.2) is 12.4 Å². The highest BCUT2D eigenvalue weighted by Crippen LogP contribution is 2.14. The summed E-state index contributed by atoms with van der Waals surface area (Å²) < 4.78 is 1.58. The Labute approximate surface area is 112 Å². The molecule has 1 heterocycles. The fourth-order valence-corrected chi connectivity index (χ4v) is 1.91. The van der Waals surface area contributed by atoms with Crippen molar-refractivity contribution in [3.8, 4) is 0 Å². The second kappa shape index (κ2) is 7.56. The van der Waals surface area contributed by atoms with E-state index >= 15 is 0 Å². The summed E-state index contributed by atoms with van der Waals surface area (Å²) in [5.74, 6) is -0.565. The Hall–Kier alpha value is -1.85. The number of carbonyl (C=O) groups is 2. The van der Waals surface area contributed by atoms with Gasteiger partial charge in [0.05, 0.1) is 11.8 Å². The van der Waals surface area contributed by atoms with Gasteiger partial charge in [-0.1, -0.05) is 13.3 Å². The number of carboxylic acid groups (broad SMARTS) is 1. The van der Waals surface area contributed by atoms with Crippen LogP contribution < -0.4 is 5.32 Å². The van der Waals surface area contributed by atoms with Crippen LogP contribution in [0.25, 0.3) is 0 Å². The van der Waals surface area contributed by atoms with E-state index < -0.39 is 5.97 Å². The molecule has 0 saturated heterocycles. The van der Waals surface area contributed by atoms with Gasteiger partial charge >= 0.3 is 5.97 Å². The van der Waals surface area contributed by atoms with Gasteiger partial charge in [-0.25, -0.2) is 0 Å². The Morgan fingerprint density at radius 2 is 2.21 bits per heavy atom. The quantitative estimate of drug-likeness (QED) is 0.746. The van der Waals surface area contributed by atoms with E-state index in [2.05, 4.69) is 10.4 Å². The van der Waals surface area contributed by atoms with E-state index in [0.717, 1.165) is 12.8 Å². The van der Waals surface area contributed by atoms with E-state index in [0.29, 0.717) is 24.4 Å². The van der Waals surface area contributed by atoms with Crippen molar-refractivity contribution in [3.63, 3.8) is 0 Å². The lowest BCUT2D eigenvalue weighted by molar-refractivity contribution is -0.137. The van der Waals surface area contributed by atoms with Crippen molar-refractivity contribution < 1.29 is 14.7 Å². The zero-order valence-electron chi connectivity index (χ0n) is 11.4. The molecule has 0 aliphatic carbocycles. The molecule has 106 valence electrons. The summed E-state index contributed by atoms with van der Waals surface area (Å²) in [5.41, 5.74) is 0.543. The lowest BCUT2D eigenvalue weighted by atomic mass is 9.96. The van der Waals surface area contributed by atoms with Gasteiger partial charge in [-0.3, -0.25) is 14.3 Å². The number of carbonyl (C=O) groups excluding carboxylic acids is 1. The van der Waals surface area contributed by atoms with Gasteiger partial charge in [0, 0.05) is 26.2 Å². The van der Waals surface area contributed by atoms with E-state index in [1.54, 1.807) is 17.9 Å². The van der Waals surface area contributed by atoms with Crippen LogP contribution in [0.4, 0.5) is 0 Å². The van der Waals surface area contributed by atoms with Gasteiger partial charge in [0.2, 0.25) is 0 Å². The van der Waals surface area contributed by atoms with Crippen LogP contribution in [-0.4, -0.2) is 33.3 Å². The summed E-state index contributed by atoms with van der Waals surface area (Å²) in [4.78, 5) is 22.2. The molecule has 6 nitrogen and oxygen atoms in total. The van der Waals surface area contributed by atoms with E-state index in [1.165, 1.54) is 6.20 Å². The van der Waals surface area contributed by atoms with Crippen molar-refractivity contribution >= 4 is 11.9 Å². The van der Waals surface area contributed by atoms with Gasteiger partial charge < -0.3 is 10.4 Å². The van der Waals surface area contributed by atoms with Crippen molar-refractivity contribution in [1.29, 1.82) is 0 Å². The summed E-state index contributed by atoms with van der Waals surface area (Å²) in [6, 6.07) is 0. The van der Waals surface area contributed by atoms with E-state index in [-0.39, 0.29) is 12.3 Å². The Bertz CT molecular complexity index is 429. The zero-order chi connectivity index (χ0) is 14.3. The van der Waals surface area contributed by atoms with Crippen molar-refractivity contribution in [3.05, 3.63) is 18.0 Å². The minimum Gasteiger partial charge on any atom is -0.481 e. The lowest BCUT2D eigenvalue weighted by Gasteiger charge is -2.13. The van der Waals surface area contributed by atoms with Crippen LogP contribution in [0.1, 0.15) is 43.0 Å². The predicted molar refractivity (Wildman–Crippen MR) is 70.8 cm³/mol. The molecule has 2 N–H and O–H groups in total. The third kappa shape index (κ3) is 5.54. The molecular formula is C13H21N3O3. The minimum absolute atomic E-state index is 0.138. The van der Waals surface area contributed by atoms with Crippen LogP contribution in [0.3, 0.4) is 0 Å². The minimum atomic E-state index is -0.766. The normalized spacial score (nSPS) is 12.1. The van der Waals surface area contributed by atoms with Crippen LogP contribution in [0, 0.1) is 5.92 Å². The van der Waals surface area contributed by atoms with Gasteiger partial charge in [-0.2, -0.15) is 5.10 Å². The third-order valence-electron chi connectivity index (χ3n) is 3.15. The Morgan fingerprint density at radius 1 is 1.47 bits per heavy atom. The van der Waals surface area contributed by atoms with E-state index in [4.69, 9.17) is 5.11 Å². The number of aliphatic carboxylic acids is 1. The van der Waals surface area contributed by atoms with Crippen LogP contribution in [-0.2, 0) is 11.8 Å². The number of nitrogens with one attached hydrogen (secondary N) is 1. The summed E-state index contributed by atoms with van der Waals surface area (Å²) in [7, 11) is 1.76. The van der Waals surface area contributed by atoms with E-state index in [9.17, 15) is 9.59 Å². The first-order chi connectivity index (χ1) is 9.02. The molecule has 1 amide bonds. The lowest BCUT2D eigenvalue weighted by Crippen LogP contribution is -2.25. The third-order valence-corrected chi connectivity index (χ3v) is 3.15. The monoisotopic (exact) mass is 267 g/mol. The molecule has 0 saturated carbocycles. The first kappa shape index (κ1) is 15.2. The average Bonchev–Trinajstić information content (AvgIpc) is 2.79. The standard InChI is InChI=1S/C13H21N3O3/c1-3-10(4-5-12(17)18)6-7-14-13(19)11-8-15-16(2)9-11/h8-10H,3-7H2,1-2H3,(H,14,19)(H,17,18). The number of hydrogen-bond donors (Lipinski definition) is 2. The maximum absolute atomic E-state index is 11.7. The fraction of sp³-hybridized carbons (Fsp3) is 0.615. The Morgan fingerprint density at radius 3 is 2.74 bits per heavy atom. The second-order valence-electron chi connectivity index (χ2n) is 4.65. The number of rotatable bonds is 8. The van der Waals surface area contributed by atoms with Crippen molar-refractivity contribution in [2.45, 2.75) is 32.6 Å². The maximum Gasteiger partial charge on any atom is 0.303 e. The highest BCUT2D eigenvalue weighted by molar-refractivity contribution is 5.93. The van der Waals surface area contributed by atoms with Crippen molar-refractivity contribution in [1.82, 2.24) is 15.1 Å². The van der Waals surface area contributed by atoms with Gasteiger partial charge in [-0.05, 0) is 18.8 Å². The SMILES string of the molecule is CCC(CCNC(=O)c1cnn(C)c1)CCC(=O)O. The topological polar surface area (TPSA) is 84.2 Å². The molecule has 0 aliphatic rings. The highest BCUT2D eigenvalue weighted by Gasteiger charge is 2.11. The summed E-state index contributed by atoms with van der Waals surface area (Å²) in [6.45, 7) is 2.60. The number of aryl methyl sites for hydroxylation is 1. The largest absolute Gasteiger partial charge is 0.481 e. The summed E-state index contributed by atoms with van der Waals surface area (Å²) >= 11 is 0. The van der Waals surface area contributed by atoms with Gasteiger partial charge in [0.1, 0.15) is 0 Å². The molecule has 1 aromatic rings. The zero-order valence-corrected chi connectivity index (χ0v) is 11.4. The highest BCUT2D eigenvalue weighted by atomic mass is 16.4.